The molecule has 0 saturated carbocycles. The van der Waals surface area contributed by atoms with E-state index in [4.69, 9.17) is 34.0 Å². The highest BCUT2D eigenvalue weighted by atomic mass is 35.5. The fraction of sp³-hybridized carbons (Fsp3) is 0.381. The SMILES string of the molecule is NC(CCSCCC(c1ccc(-c2ccc(Cl)cc2Cl)cc1)(C(F)(F)F)C(F)(F)F)C(=O)O. The van der Waals surface area contributed by atoms with E-state index in [1.54, 1.807) is 0 Å². The minimum Gasteiger partial charge on any atom is -0.480 e. The summed E-state index contributed by atoms with van der Waals surface area (Å²) in [4.78, 5) is 10.7. The molecule has 1 atom stereocenters. The lowest BCUT2D eigenvalue weighted by Crippen LogP contribution is -2.54. The number of hydrogen-bond donors (Lipinski definition) is 2. The summed E-state index contributed by atoms with van der Waals surface area (Å²) in [5, 5.41) is 9.25. The number of carboxylic acid groups (broad SMARTS) is 1. The summed E-state index contributed by atoms with van der Waals surface area (Å²) in [5.74, 6) is -1.79. The molecular formula is C21H19Cl2F6NO2S. The lowest BCUT2D eigenvalue weighted by molar-refractivity contribution is -0.304. The number of alkyl halides is 6. The number of carboxylic acids is 1. The van der Waals surface area contributed by atoms with Gasteiger partial charge in [0.15, 0.2) is 5.41 Å². The van der Waals surface area contributed by atoms with Crippen molar-refractivity contribution in [3.05, 3.63) is 58.1 Å². The van der Waals surface area contributed by atoms with Crippen LogP contribution in [0.5, 0.6) is 0 Å². The quantitative estimate of drug-likeness (QED) is 0.270. The van der Waals surface area contributed by atoms with Crippen molar-refractivity contribution in [2.24, 2.45) is 5.73 Å². The van der Waals surface area contributed by atoms with E-state index < -0.39 is 47.5 Å². The van der Waals surface area contributed by atoms with E-state index in [1.165, 1.54) is 18.2 Å². The normalized spacial score (nSPS) is 13.7. The number of thioether (sulfide) groups is 1. The monoisotopic (exact) mass is 533 g/mol. The predicted octanol–water partition coefficient (Wildman–Crippen LogP) is 6.95. The van der Waals surface area contributed by atoms with E-state index in [9.17, 15) is 31.1 Å². The number of nitrogens with two attached hydrogens (primary N) is 1. The number of hydrogen-bond acceptors (Lipinski definition) is 3. The van der Waals surface area contributed by atoms with Crippen molar-refractivity contribution in [2.75, 3.05) is 11.5 Å². The molecule has 0 amide bonds. The summed E-state index contributed by atoms with van der Waals surface area (Å²) in [7, 11) is 0. The molecule has 2 rings (SSSR count). The third-order valence-electron chi connectivity index (χ3n) is 5.10. The fourth-order valence-electron chi connectivity index (χ4n) is 3.23. The number of aliphatic carboxylic acids is 1. The molecule has 0 fully saturated rings. The molecule has 0 bridgehead atoms. The van der Waals surface area contributed by atoms with Crippen LogP contribution in [0.3, 0.4) is 0 Å². The topological polar surface area (TPSA) is 63.3 Å². The predicted molar refractivity (Wildman–Crippen MR) is 118 cm³/mol. The average molecular weight is 534 g/mol. The molecule has 0 radical (unpaired) electrons. The molecule has 0 heterocycles. The van der Waals surface area contributed by atoms with Gasteiger partial charge in [-0.2, -0.15) is 38.1 Å². The summed E-state index contributed by atoms with van der Waals surface area (Å²) in [6, 6.07) is 7.08. The Balaban J connectivity index is 2.35. The fourth-order valence-corrected chi connectivity index (χ4v) is 4.83. The van der Waals surface area contributed by atoms with Crippen LogP contribution in [0.15, 0.2) is 42.5 Å². The molecule has 12 heteroatoms. The molecule has 182 valence electrons. The molecule has 1 unspecified atom stereocenters. The zero-order valence-electron chi connectivity index (χ0n) is 16.8. The number of benzene rings is 2. The number of halogens is 8. The van der Waals surface area contributed by atoms with E-state index in [0.29, 0.717) is 16.1 Å². The van der Waals surface area contributed by atoms with Crippen LogP contribution in [-0.2, 0) is 10.2 Å². The second-order valence-corrected chi connectivity index (χ2v) is 9.27. The maximum absolute atomic E-state index is 14.0. The first-order chi connectivity index (χ1) is 15.2. The van der Waals surface area contributed by atoms with Crippen molar-refractivity contribution in [1.82, 2.24) is 0 Å². The Labute approximate surface area is 200 Å². The lowest BCUT2D eigenvalue weighted by atomic mass is 9.76. The molecule has 0 aromatic heterocycles. The van der Waals surface area contributed by atoms with Gasteiger partial charge in [0.2, 0.25) is 0 Å². The van der Waals surface area contributed by atoms with Gasteiger partial charge < -0.3 is 10.8 Å². The Bertz CT molecular complexity index is 953. The molecular weight excluding hydrogens is 515 g/mol. The first kappa shape index (κ1) is 27.6. The smallest absolute Gasteiger partial charge is 0.407 e. The van der Waals surface area contributed by atoms with Crippen molar-refractivity contribution >= 4 is 40.9 Å². The summed E-state index contributed by atoms with van der Waals surface area (Å²) >= 11 is 12.7. The first-order valence-corrected chi connectivity index (χ1v) is 11.4. The van der Waals surface area contributed by atoms with E-state index in [1.807, 2.05) is 0 Å². The highest BCUT2D eigenvalue weighted by Gasteiger charge is 2.70. The summed E-state index contributed by atoms with van der Waals surface area (Å²) in [6.07, 6.45) is -12.6. The molecule has 33 heavy (non-hydrogen) atoms. The van der Waals surface area contributed by atoms with Crippen molar-refractivity contribution in [3.8, 4) is 11.1 Å². The second-order valence-electron chi connectivity index (χ2n) is 7.20. The molecule has 2 aromatic rings. The lowest BCUT2D eigenvalue weighted by Gasteiger charge is -2.38. The molecule has 3 N–H and O–H groups in total. The maximum Gasteiger partial charge on any atom is 0.407 e. The molecule has 3 nitrogen and oxygen atoms in total. The molecule has 0 spiro atoms. The third kappa shape index (κ3) is 6.29. The third-order valence-corrected chi connectivity index (χ3v) is 6.66. The van der Waals surface area contributed by atoms with Crippen LogP contribution in [0.1, 0.15) is 18.4 Å². The minimum atomic E-state index is -5.62. The van der Waals surface area contributed by atoms with Crippen LogP contribution < -0.4 is 5.73 Å². The Kier molecular flexibility index (Phi) is 9.00. The van der Waals surface area contributed by atoms with E-state index >= 15 is 0 Å². The molecule has 0 saturated heterocycles. The van der Waals surface area contributed by atoms with Crippen molar-refractivity contribution in [3.63, 3.8) is 0 Å². The summed E-state index contributed by atoms with van der Waals surface area (Å²) in [6.45, 7) is 0. The Morgan fingerprint density at radius 2 is 1.55 bits per heavy atom. The van der Waals surface area contributed by atoms with Gasteiger partial charge in [-0.15, -0.1) is 0 Å². The van der Waals surface area contributed by atoms with Crippen LogP contribution in [0.25, 0.3) is 11.1 Å². The van der Waals surface area contributed by atoms with Gasteiger partial charge >= 0.3 is 18.3 Å². The van der Waals surface area contributed by atoms with Crippen molar-refractivity contribution in [1.29, 1.82) is 0 Å². The van der Waals surface area contributed by atoms with Gasteiger partial charge in [0.25, 0.3) is 0 Å². The van der Waals surface area contributed by atoms with E-state index in [-0.39, 0.29) is 17.2 Å². The Morgan fingerprint density at radius 1 is 0.970 bits per heavy atom. The van der Waals surface area contributed by atoms with Crippen LogP contribution in [0, 0.1) is 0 Å². The van der Waals surface area contributed by atoms with Crippen LogP contribution >= 0.6 is 35.0 Å². The first-order valence-electron chi connectivity index (χ1n) is 9.46. The zero-order chi connectivity index (χ0) is 25.0. The van der Waals surface area contributed by atoms with Crippen LogP contribution in [0.4, 0.5) is 26.3 Å². The standard InChI is InChI=1S/C21H19Cl2F6NO2S/c22-14-5-6-15(16(23)11-14)12-1-3-13(4-2-12)19(20(24,25)26,21(27,28)29)8-10-33-9-7-17(30)18(31)32/h1-6,11,17H,7-10,30H2,(H,31,32). The summed E-state index contributed by atoms with van der Waals surface area (Å²) in [5.41, 5.74) is 1.00. The number of rotatable bonds is 9. The van der Waals surface area contributed by atoms with E-state index in [0.717, 1.165) is 36.0 Å². The van der Waals surface area contributed by atoms with Gasteiger partial charge in [-0.05, 0) is 47.6 Å². The highest BCUT2D eigenvalue weighted by Crippen LogP contribution is 2.55. The molecule has 0 aliphatic carbocycles. The maximum atomic E-state index is 14.0. The minimum absolute atomic E-state index is 0.00721. The largest absolute Gasteiger partial charge is 0.480 e. The van der Waals surface area contributed by atoms with Gasteiger partial charge in [-0.1, -0.05) is 53.5 Å². The zero-order valence-corrected chi connectivity index (χ0v) is 19.1. The number of carbonyl (C=O) groups is 1. The van der Waals surface area contributed by atoms with Gasteiger partial charge in [-0.25, -0.2) is 0 Å². The molecule has 2 aromatic carbocycles. The van der Waals surface area contributed by atoms with Crippen LogP contribution in [0.2, 0.25) is 10.0 Å². The summed E-state index contributed by atoms with van der Waals surface area (Å²) < 4.78 is 83.8. The highest BCUT2D eigenvalue weighted by molar-refractivity contribution is 7.99. The Hall–Kier alpha value is -1.62. The van der Waals surface area contributed by atoms with Crippen molar-refractivity contribution in [2.45, 2.75) is 36.7 Å². The van der Waals surface area contributed by atoms with Crippen LogP contribution in [-0.4, -0.2) is 41.0 Å². The second kappa shape index (κ2) is 10.8. The van der Waals surface area contributed by atoms with Gasteiger partial charge in [0, 0.05) is 15.6 Å². The van der Waals surface area contributed by atoms with Gasteiger partial charge in [-0.3, -0.25) is 4.79 Å². The van der Waals surface area contributed by atoms with Gasteiger partial charge in [0.1, 0.15) is 6.04 Å². The van der Waals surface area contributed by atoms with E-state index in [2.05, 4.69) is 0 Å². The van der Waals surface area contributed by atoms with Gasteiger partial charge in [0.05, 0.1) is 0 Å². The van der Waals surface area contributed by atoms with Crippen molar-refractivity contribution < 1.29 is 36.2 Å². The average Bonchev–Trinajstić information content (AvgIpc) is 2.69. The molecule has 0 aliphatic heterocycles. The molecule has 0 aliphatic rings. The Morgan fingerprint density at radius 3 is 2.03 bits per heavy atom.